The molecule has 2 amide bonds. The fraction of sp³-hybridized carbons (Fsp3) is 0.310. The van der Waals surface area contributed by atoms with Crippen molar-refractivity contribution in [2.45, 2.75) is 51.2 Å². The summed E-state index contributed by atoms with van der Waals surface area (Å²) in [5.41, 5.74) is 0.632. The molecular weight excluding hydrogens is 573 g/mol. The highest BCUT2D eigenvalue weighted by Gasteiger charge is 2.34. The van der Waals surface area contributed by atoms with Crippen LogP contribution in [0.3, 0.4) is 0 Å². The van der Waals surface area contributed by atoms with Crippen molar-refractivity contribution >= 4 is 50.7 Å². The number of rotatable bonds is 12. The van der Waals surface area contributed by atoms with Gasteiger partial charge in [-0.25, -0.2) is 8.42 Å². The maximum Gasteiger partial charge on any atom is 0.264 e. The fourth-order valence-electron chi connectivity index (χ4n) is 4.02. The van der Waals surface area contributed by atoms with E-state index in [9.17, 15) is 18.0 Å². The first-order chi connectivity index (χ1) is 19.0. The molecule has 3 rings (SSSR count). The van der Waals surface area contributed by atoms with Gasteiger partial charge in [0.25, 0.3) is 10.0 Å². The van der Waals surface area contributed by atoms with Crippen molar-refractivity contribution in [3.05, 3.63) is 88.4 Å². The molecule has 40 heavy (non-hydrogen) atoms. The maximum atomic E-state index is 14.0. The monoisotopic (exact) mass is 605 g/mol. The van der Waals surface area contributed by atoms with Gasteiger partial charge in [0.2, 0.25) is 11.8 Å². The SMILES string of the molecule is CCOc1ccccc1N(CC(=O)N(Cc1c(Cl)cccc1Cl)[C@@H](C)C(=O)NC(C)C)S(=O)(=O)c1ccccc1. The van der Waals surface area contributed by atoms with Gasteiger partial charge in [0, 0.05) is 28.2 Å². The molecule has 0 aliphatic carbocycles. The molecule has 0 radical (unpaired) electrons. The number of hydrogen-bond acceptors (Lipinski definition) is 5. The summed E-state index contributed by atoms with van der Waals surface area (Å²) < 4.78 is 34.6. The summed E-state index contributed by atoms with van der Waals surface area (Å²) in [5, 5.41) is 3.44. The van der Waals surface area contributed by atoms with Gasteiger partial charge in [0.1, 0.15) is 18.3 Å². The van der Waals surface area contributed by atoms with E-state index in [0.29, 0.717) is 21.4 Å². The largest absolute Gasteiger partial charge is 0.492 e. The van der Waals surface area contributed by atoms with Crippen LogP contribution in [0.5, 0.6) is 5.75 Å². The number of carbonyl (C=O) groups excluding carboxylic acids is 2. The highest BCUT2D eigenvalue weighted by molar-refractivity contribution is 7.92. The van der Waals surface area contributed by atoms with E-state index < -0.39 is 34.4 Å². The first kappa shape index (κ1) is 31.3. The lowest BCUT2D eigenvalue weighted by molar-refractivity contribution is -0.139. The predicted molar refractivity (Wildman–Crippen MR) is 158 cm³/mol. The van der Waals surface area contributed by atoms with Crippen LogP contribution in [0, 0.1) is 0 Å². The molecule has 214 valence electrons. The average molecular weight is 607 g/mol. The van der Waals surface area contributed by atoms with E-state index in [0.717, 1.165) is 4.31 Å². The third-order valence-corrected chi connectivity index (χ3v) is 8.51. The van der Waals surface area contributed by atoms with Gasteiger partial charge in [-0.1, -0.05) is 59.6 Å². The Hall–Kier alpha value is -3.27. The molecule has 3 aromatic carbocycles. The van der Waals surface area contributed by atoms with Gasteiger partial charge >= 0.3 is 0 Å². The van der Waals surface area contributed by atoms with Crippen molar-refractivity contribution in [3.63, 3.8) is 0 Å². The molecule has 0 saturated heterocycles. The molecule has 0 aliphatic heterocycles. The molecule has 0 fully saturated rings. The van der Waals surface area contributed by atoms with Gasteiger partial charge in [-0.15, -0.1) is 0 Å². The lowest BCUT2D eigenvalue weighted by atomic mass is 10.1. The summed E-state index contributed by atoms with van der Waals surface area (Å²) in [6, 6.07) is 18.2. The number of nitrogens with zero attached hydrogens (tertiary/aromatic N) is 2. The number of anilines is 1. The van der Waals surface area contributed by atoms with Crippen LogP contribution in [-0.2, 0) is 26.2 Å². The normalized spacial score (nSPS) is 12.1. The van der Waals surface area contributed by atoms with Gasteiger partial charge in [0.05, 0.1) is 17.2 Å². The zero-order valence-corrected chi connectivity index (χ0v) is 25.1. The number of ether oxygens (including phenoxy) is 1. The van der Waals surface area contributed by atoms with Crippen LogP contribution in [0.15, 0.2) is 77.7 Å². The standard InChI is InChI=1S/C29H33Cl2N3O5S/c1-5-39-27-17-10-9-16-26(27)34(40(37,38)22-12-7-6-8-13-22)19-28(35)33(21(4)29(36)32-20(2)3)18-23-24(30)14-11-15-25(23)31/h6-17,20-21H,5,18-19H2,1-4H3,(H,32,36)/t21-/m0/s1. The van der Waals surface area contributed by atoms with Gasteiger partial charge < -0.3 is 15.0 Å². The number of para-hydroxylation sites is 2. The van der Waals surface area contributed by atoms with Crippen LogP contribution < -0.4 is 14.4 Å². The summed E-state index contributed by atoms with van der Waals surface area (Å²) in [6.45, 7) is 6.53. The number of sulfonamides is 1. The molecule has 1 atom stereocenters. The molecule has 11 heteroatoms. The second-order valence-corrected chi connectivity index (χ2v) is 12.0. The first-order valence-electron chi connectivity index (χ1n) is 12.8. The van der Waals surface area contributed by atoms with Crippen LogP contribution in [0.2, 0.25) is 10.0 Å². The van der Waals surface area contributed by atoms with E-state index in [2.05, 4.69) is 5.32 Å². The molecule has 0 spiro atoms. The highest BCUT2D eigenvalue weighted by Crippen LogP contribution is 2.33. The van der Waals surface area contributed by atoms with Crippen molar-refractivity contribution < 1.29 is 22.7 Å². The Labute approximate surface area is 245 Å². The number of halogens is 2. The topological polar surface area (TPSA) is 96.0 Å². The third kappa shape index (κ3) is 7.47. The molecule has 1 N–H and O–H groups in total. The van der Waals surface area contributed by atoms with Gasteiger partial charge in [-0.05, 0) is 64.1 Å². The summed E-state index contributed by atoms with van der Waals surface area (Å²) in [5.74, 6) is -0.740. The van der Waals surface area contributed by atoms with Crippen LogP contribution in [0.4, 0.5) is 5.69 Å². The molecule has 0 aromatic heterocycles. The van der Waals surface area contributed by atoms with Gasteiger partial charge in [0.15, 0.2) is 0 Å². The Balaban J connectivity index is 2.11. The second kappa shape index (κ2) is 13.9. The molecule has 0 saturated carbocycles. The minimum absolute atomic E-state index is 0.000370. The third-order valence-electron chi connectivity index (χ3n) is 6.03. The lowest BCUT2D eigenvalue weighted by Gasteiger charge is -2.33. The molecular formula is C29H33Cl2N3O5S. The summed E-state index contributed by atoms with van der Waals surface area (Å²) in [4.78, 5) is 28.4. The molecule has 0 heterocycles. The van der Waals surface area contributed by atoms with E-state index in [-0.39, 0.29) is 29.8 Å². The van der Waals surface area contributed by atoms with E-state index in [4.69, 9.17) is 27.9 Å². The summed E-state index contributed by atoms with van der Waals surface area (Å²) in [7, 11) is -4.22. The van der Waals surface area contributed by atoms with Gasteiger partial charge in [-0.3, -0.25) is 13.9 Å². The molecule has 0 bridgehead atoms. The van der Waals surface area contributed by atoms with E-state index >= 15 is 0 Å². The van der Waals surface area contributed by atoms with Crippen LogP contribution >= 0.6 is 23.2 Å². The smallest absolute Gasteiger partial charge is 0.264 e. The van der Waals surface area contributed by atoms with Crippen molar-refractivity contribution in [2.24, 2.45) is 0 Å². The zero-order valence-electron chi connectivity index (χ0n) is 22.8. The van der Waals surface area contributed by atoms with Crippen molar-refractivity contribution in [2.75, 3.05) is 17.5 Å². The lowest BCUT2D eigenvalue weighted by Crippen LogP contribution is -2.52. The Kier molecular flexibility index (Phi) is 10.8. The summed E-state index contributed by atoms with van der Waals surface area (Å²) in [6.07, 6.45) is 0. The minimum atomic E-state index is -4.22. The quantitative estimate of drug-likeness (QED) is 0.293. The number of amides is 2. The van der Waals surface area contributed by atoms with Crippen molar-refractivity contribution in [1.29, 1.82) is 0 Å². The van der Waals surface area contributed by atoms with Crippen molar-refractivity contribution in [1.82, 2.24) is 10.2 Å². The van der Waals surface area contributed by atoms with E-state index in [1.54, 1.807) is 88.4 Å². The van der Waals surface area contributed by atoms with Gasteiger partial charge in [-0.2, -0.15) is 0 Å². The summed E-state index contributed by atoms with van der Waals surface area (Å²) >= 11 is 12.8. The Bertz CT molecular complexity index is 1410. The van der Waals surface area contributed by atoms with Crippen LogP contribution in [-0.4, -0.2) is 50.4 Å². The number of carbonyl (C=O) groups is 2. The highest BCUT2D eigenvalue weighted by atomic mass is 35.5. The average Bonchev–Trinajstić information content (AvgIpc) is 2.92. The molecule has 0 unspecified atom stereocenters. The number of benzene rings is 3. The molecule has 3 aromatic rings. The Morgan fingerprint density at radius 1 is 0.900 bits per heavy atom. The second-order valence-electron chi connectivity index (χ2n) is 9.29. The number of nitrogens with one attached hydrogen (secondary N) is 1. The Morgan fingerprint density at radius 3 is 2.10 bits per heavy atom. The van der Waals surface area contributed by atoms with Crippen LogP contribution in [0.25, 0.3) is 0 Å². The predicted octanol–water partition coefficient (Wildman–Crippen LogP) is 5.53. The number of hydrogen-bond donors (Lipinski definition) is 1. The minimum Gasteiger partial charge on any atom is -0.492 e. The van der Waals surface area contributed by atoms with Crippen LogP contribution in [0.1, 0.15) is 33.3 Å². The van der Waals surface area contributed by atoms with E-state index in [1.165, 1.54) is 17.0 Å². The fourth-order valence-corrected chi connectivity index (χ4v) is 5.98. The maximum absolute atomic E-state index is 14.0. The molecule has 0 aliphatic rings. The Morgan fingerprint density at radius 2 is 1.50 bits per heavy atom. The van der Waals surface area contributed by atoms with E-state index in [1.807, 2.05) is 0 Å². The van der Waals surface area contributed by atoms with Crippen molar-refractivity contribution in [3.8, 4) is 5.75 Å². The first-order valence-corrected chi connectivity index (χ1v) is 15.0. The zero-order chi connectivity index (χ0) is 29.4. The molecule has 8 nitrogen and oxygen atoms in total.